The summed E-state index contributed by atoms with van der Waals surface area (Å²) < 4.78 is 0. The second kappa shape index (κ2) is 3.15. The third kappa shape index (κ3) is 2.48. The first-order valence-corrected chi connectivity index (χ1v) is 3.62. The van der Waals surface area contributed by atoms with E-state index in [4.69, 9.17) is 5.11 Å². The number of Topliss-reactive ketones (excluding diaryl/α,β-unsaturated/α-hetero) is 1. The van der Waals surface area contributed by atoms with E-state index in [0.29, 0.717) is 6.42 Å². The molecule has 0 saturated carbocycles. The number of hydrogen-bond donors (Lipinski definition) is 1. The molecule has 0 radical (unpaired) electrons. The van der Waals surface area contributed by atoms with Crippen LogP contribution in [-0.4, -0.2) is 17.0 Å². The Kier molecular flexibility index (Phi) is 3.03. The summed E-state index contributed by atoms with van der Waals surface area (Å²) in [6, 6.07) is 0. The third-order valence-electron chi connectivity index (χ3n) is 1.43. The van der Waals surface area contributed by atoms with Crippen molar-refractivity contribution in [1.82, 2.24) is 0 Å². The van der Waals surface area contributed by atoms with Gasteiger partial charge in [-0.3, -0.25) is 4.79 Å². The number of aliphatic hydroxyl groups is 1. The monoisotopic (exact) mass is 144 g/mol. The minimum absolute atomic E-state index is 0.0741. The largest absolute Gasteiger partial charge is 0.385 e. The number of rotatable bonds is 2. The van der Waals surface area contributed by atoms with E-state index in [0.717, 1.165) is 0 Å². The lowest BCUT2D eigenvalue weighted by Gasteiger charge is -2.19. The summed E-state index contributed by atoms with van der Waals surface area (Å²) >= 11 is 0. The molecule has 0 aliphatic rings. The van der Waals surface area contributed by atoms with Crippen molar-refractivity contribution < 1.29 is 9.90 Å². The molecule has 0 aromatic carbocycles. The maximum absolute atomic E-state index is 11.1. The molecule has 60 valence electrons. The average Bonchev–Trinajstić information content (AvgIpc) is 1.83. The van der Waals surface area contributed by atoms with E-state index in [-0.39, 0.29) is 5.78 Å². The van der Waals surface area contributed by atoms with Crippen LogP contribution in [0.4, 0.5) is 0 Å². The second-order valence-corrected chi connectivity index (χ2v) is 3.54. The Morgan fingerprint density at radius 1 is 1.50 bits per heavy atom. The highest BCUT2D eigenvalue weighted by Crippen LogP contribution is 2.17. The lowest BCUT2D eigenvalue weighted by Crippen LogP contribution is -2.31. The fraction of sp³-hybridized carbons (Fsp3) is 0.875. The Morgan fingerprint density at radius 3 is 2.00 bits per heavy atom. The normalized spacial score (nSPS) is 14.9. The molecule has 0 aliphatic carbocycles. The van der Waals surface area contributed by atoms with Crippen LogP contribution >= 0.6 is 0 Å². The lowest BCUT2D eigenvalue weighted by molar-refractivity contribution is -0.134. The summed E-state index contributed by atoms with van der Waals surface area (Å²) in [5.41, 5.74) is -0.407. The molecule has 0 unspecified atom stereocenters. The Bertz CT molecular complexity index is 122. The molecule has 0 aliphatic heterocycles. The molecule has 0 amide bonds. The molecular weight excluding hydrogens is 128 g/mol. The minimum Gasteiger partial charge on any atom is -0.385 e. The van der Waals surface area contributed by atoms with Gasteiger partial charge in [0, 0.05) is 5.41 Å². The average molecular weight is 144 g/mol. The van der Waals surface area contributed by atoms with Gasteiger partial charge in [-0.2, -0.15) is 0 Å². The Labute approximate surface area is 62.2 Å². The molecule has 0 bridgehead atoms. The molecule has 0 fully saturated rings. The third-order valence-corrected chi connectivity index (χ3v) is 1.43. The van der Waals surface area contributed by atoms with Gasteiger partial charge in [-0.15, -0.1) is 0 Å². The van der Waals surface area contributed by atoms with Crippen LogP contribution in [0.15, 0.2) is 0 Å². The predicted molar refractivity (Wildman–Crippen MR) is 40.8 cm³/mol. The number of carbonyl (C=O) groups excluding carboxylic acids is 1. The Hall–Kier alpha value is -0.370. The maximum atomic E-state index is 11.1. The van der Waals surface area contributed by atoms with Crippen molar-refractivity contribution in [3.05, 3.63) is 0 Å². The summed E-state index contributed by atoms with van der Waals surface area (Å²) in [4.78, 5) is 11.1. The van der Waals surface area contributed by atoms with Crippen LogP contribution in [0.3, 0.4) is 0 Å². The van der Waals surface area contributed by atoms with Crippen molar-refractivity contribution in [3.63, 3.8) is 0 Å². The van der Waals surface area contributed by atoms with Crippen LogP contribution < -0.4 is 0 Å². The Balaban J connectivity index is 4.09. The van der Waals surface area contributed by atoms with E-state index in [1.807, 2.05) is 20.8 Å². The second-order valence-electron chi connectivity index (χ2n) is 3.54. The molecule has 0 saturated heterocycles. The molecule has 2 heteroatoms. The molecule has 0 rings (SSSR count). The van der Waals surface area contributed by atoms with Gasteiger partial charge in [0.15, 0.2) is 5.78 Å². The summed E-state index contributed by atoms with van der Waals surface area (Å²) in [6.45, 7) is 7.24. The smallest absolute Gasteiger partial charge is 0.166 e. The van der Waals surface area contributed by atoms with Crippen LogP contribution in [0, 0.1) is 5.41 Å². The van der Waals surface area contributed by atoms with E-state index in [2.05, 4.69) is 0 Å². The summed E-state index contributed by atoms with van der Waals surface area (Å²) in [6.07, 6.45) is -0.268. The summed E-state index contributed by atoms with van der Waals surface area (Å²) in [5, 5.41) is 9.11. The van der Waals surface area contributed by atoms with Crippen LogP contribution in [-0.2, 0) is 4.79 Å². The number of carbonyl (C=O) groups is 1. The lowest BCUT2D eigenvalue weighted by atomic mass is 9.87. The van der Waals surface area contributed by atoms with E-state index in [9.17, 15) is 4.79 Å². The summed E-state index contributed by atoms with van der Waals surface area (Å²) in [7, 11) is 0. The zero-order valence-electron chi connectivity index (χ0n) is 7.14. The van der Waals surface area contributed by atoms with Gasteiger partial charge in [-0.25, -0.2) is 0 Å². The van der Waals surface area contributed by atoms with Crippen molar-refractivity contribution in [2.24, 2.45) is 5.41 Å². The number of ketones is 1. The highest BCUT2D eigenvalue weighted by molar-refractivity contribution is 5.87. The van der Waals surface area contributed by atoms with E-state index in [1.165, 1.54) is 0 Å². The quantitative estimate of drug-likeness (QED) is 0.635. The number of hydrogen-bond acceptors (Lipinski definition) is 2. The van der Waals surface area contributed by atoms with Crippen molar-refractivity contribution in [2.45, 2.75) is 40.2 Å². The van der Waals surface area contributed by atoms with Crippen LogP contribution in [0.2, 0.25) is 0 Å². The first-order valence-electron chi connectivity index (χ1n) is 3.62. The highest BCUT2D eigenvalue weighted by atomic mass is 16.3. The molecule has 10 heavy (non-hydrogen) atoms. The minimum atomic E-state index is -0.778. The zero-order valence-corrected chi connectivity index (χ0v) is 7.14. The predicted octanol–water partition coefficient (Wildman–Crippen LogP) is 1.37. The highest BCUT2D eigenvalue weighted by Gasteiger charge is 2.26. The van der Waals surface area contributed by atoms with Gasteiger partial charge >= 0.3 is 0 Å². The van der Waals surface area contributed by atoms with Gasteiger partial charge in [0.1, 0.15) is 6.10 Å². The van der Waals surface area contributed by atoms with Gasteiger partial charge in [0.2, 0.25) is 0 Å². The van der Waals surface area contributed by atoms with Crippen LogP contribution in [0.5, 0.6) is 0 Å². The van der Waals surface area contributed by atoms with Crippen molar-refractivity contribution >= 4 is 5.78 Å². The Morgan fingerprint density at radius 2 is 1.90 bits per heavy atom. The maximum Gasteiger partial charge on any atom is 0.166 e. The first kappa shape index (κ1) is 9.63. The van der Waals surface area contributed by atoms with E-state index in [1.54, 1.807) is 6.92 Å². The van der Waals surface area contributed by atoms with Crippen molar-refractivity contribution in [3.8, 4) is 0 Å². The van der Waals surface area contributed by atoms with Gasteiger partial charge in [0.05, 0.1) is 0 Å². The molecule has 0 heterocycles. The van der Waals surface area contributed by atoms with E-state index < -0.39 is 11.5 Å². The standard InChI is InChI=1S/C8H16O2/c1-5-6(9)7(10)8(2,3)4/h6,9H,5H2,1-4H3/t6-/m1/s1. The summed E-state index contributed by atoms with van der Waals surface area (Å²) in [5.74, 6) is -0.0741. The number of aliphatic hydroxyl groups excluding tert-OH is 1. The van der Waals surface area contributed by atoms with Crippen molar-refractivity contribution in [2.75, 3.05) is 0 Å². The molecule has 0 aromatic heterocycles. The topological polar surface area (TPSA) is 37.3 Å². The van der Waals surface area contributed by atoms with Crippen LogP contribution in [0.25, 0.3) is 0 Å². The van der Waals surface area contributed by atoms with Gasteiger partial charge < -0.3 is 5.11 Å². The molecule has 2 nitrogen and oxygen atoms in total. The SMILES string of the molecule is CC[C@@H](O)C(=O)C(C)(C)C. The molecule has 0 spiro atoms. The molecule has 1 N–H and O–H groups in total. The molecular formula is C8H16O2. The molecule has 0 aromatic rings. The van der Waals surface area contributed by atoms with Crippen molar-refractivity contribution in [1.29, 1.82) is 0 Å². The van der Waals surface area contributed by atoms with Gasteiger partial charge in [-0.05, 0) is 6.42 Å². The van der Waals surface area contributed by atoms with Gasteiger partial charge in [-0.1, -0.05) is 27.7 Å². The fourth-order valence-corrected chi connectivity index (χ4v) is 0.685. The van der Waals surface area contributed by atoms with E-state index >= 15 is 0 Å². The zero-order chi connectivity index (χ0) is 8.36. The molecule has 1 atom stereocenters. The fourth-order valence-electron chi connectivity index (χ4n) is 0.685. The first-order chi connectivity index (χ1) is 4.39. The van der Waals surface area contributed by atoms with Crippen LogP contribution in [0.1, 0.15) is 34.1 Å². The van der Waals surface area contributed by atoms with Gasteiger partial charge in [0.25, 0.3) is 0 Å².